The molecule has 1 amide bonds. The molecule has 1 heterocycles. The molecule has 0 radical (unpaired) electrons. The number of anilines is 1. The molecule has 0 bridgehead atoms. The Hall–Kier alpha value is -1.00. The predicted octanol–water partition coefficient (Wildman–Crippen LogP) is 2.41. The number of para-hydroxylation sites is 1. The molecule has 1 aromatic carbocycles. The van der Waals surface area contributed by atoms with Crippen molar-refractivity contribution >= 4 is 23.4 Å². The van der Waals surface area contributed by atoms with Crippen LogP contribution in [0.2, 0.25) is 0 Å². The molecule has 2 atom stereocenters. The fraction of sp³-hybridized carbons (Fsp3) is 0.500. The van der Waals surface area contributed by atoms with Crippen LogP contribution in [0.4, 0.5) is 5.69 Å². The molecule has 1 aliphatic rings. The normalized spacial score (nSPS) is 20.8. The van der Waals surface area contributed by atoms with E-state index in [0.717, 1.165) is 30.7 Å². The van der Waals surface area contributed by atoms with Gasteiger partial charge in [-0.05, 0) is 43.6 Å². The minimum absolute atomic E-state index is 0.0520. The highest BCUT2D eigenvalue weighted by atomic mass is 32.2. The highest BCUT2D eigenvalue weighted by Gasteiger charge is 2.23. The molecule has 1 aliphatic heterocycles. The fourth-order valence-corrected chi connectivity index (χ4v) is 3.33. The molecular formula is C14H20N2OS. The van der Waals surface area contributed by atoms with Crippen molar-refractivity contribution in [1.82, 2.24) is 0 Å². The molecule has 0 spiro atoms. The van der Waals surface area contributed by atoms with Gasteiger partial charge >= 0.3 is 0 Å². The number of amides is 1. The molecular weight excluding hydrogens is 244 g/mol. The van der Waals surface area contributed by atoms with Gasteiger partial charge < -0.3 is 11.1 Å². The molecule has 1 aromatic rings. The highest BCUT2D eigenvalue weighted by molar-refractivity contribution is 8.00. The van der Waals surface area contributed by atoms with E-state index in [0.29, 0.717) is 0 Å². The van der Waals surface area contributed by atoms with Crippen molar-refractivity contribution in [2.75, 3.05) is 11.1 Å². The van der Waals surface area contributed by atoms with E-state index in [4.69, 9.17) is 5.73 Å². The SMILES string of the molecule is CC(N)CCSC1CCc2ccccc2NC1=O. The number of carbonyl (C=O) groups excluding carboxylic acids is 1. The monoisotopic (exact) mass is 264 g/mol. The van der Waals surface area contributed by atoms with E-state index in [2.05, 4.69) is 11.4 Å². The number of thioether (sulfide) groups is 1. The summed E-state index contributed by atoms with van der Waals surface area (Å²) < 4.78 is 0. The first-order valence-corrected chi connectivity index (χ1v) is 7.47. The number of hydrogen-bond donors (Lipinski definition) is 2. The summed E-state index contributed by atoms with van der Waals surface area (Å²) in [6.45, 7) is 2.00. The van der Waals surface area contributed by atoms with Gasteiger partial charge in [0.15, 0.2) is 0 Å². The average Bonchev–Trinajstić information content (AvgIpc) is 2.49. The zero-order valence-corrected chi connectivity index (χ0v) is 11.5. The molecule has 3 N–H and O–H groups in total. The van der Waals surface area contributed by atoms with E-state index < -0.39 is 0 Å². The third-order valence-electron chi connectivity index (χ3n) is 3.14. The number of fused-ring (bicyclic) bond motifs is 1. The van der Waals surface area contributed by atoms with E-state index in [-0.39, 0.29) is 17.2 Å². The van der Waals surface area contributed by atoms with Crippen molar-refractivity contribution in [1.29, 1.82) is 0 Å². The lowest BCUT2D eigenvalue weighted by molar-refractivity contribution is -0.115. The maximum absolute atomic E-state index is 12.1. The largest absolute Gasteiger partial charge is 0.328 e. The van der Waals surface area contributed by atoms with Crippen molar-refractivity contribution in [3.63, 3.8) is 0 Å². The molecule has 0 aliphatic carbocycles. The van der Waals surface area contributed by atoms with Gasteiger partial charge in [-0.25, -0.2) is 0 Å². The summed E-state index contributed by atoms with van der Waals surface area (Å²) in [5.74, 6) is 1.08. The topological polar surface area (TPSA) is 55.1 Å². The van der Waals surface area contributed by atoms with Crippen LogP contribution in [0.5, 0.6) is 0 Å². The van der Waals surface area contributed by atoms with E-state index in [1.54, 1.807) is 11.8 Å². The average molecular weight is 264 g/mol. The first-order valence-electron chi connectivity index (χ1n) is 6.43. The number of nitrogens with one attached hydrogen (secondary N) is 1. The van der Waals surface area contributed by atoms with Crippen LogP contribution in [0.15, 0.2) is 24.3 Å². The minimum atomic E-state index is 0.0520. The van der Waals surface area contributed by atoms with Crippen LogP contribution >= 0.6 is 11.8 Å². The summed E-state index contributed by atoms with van der Waals surface area (Å²) in [7, 11) is 0. The Bertz CT molecular complexity index is 420. The molecule has 18 heavy (non-hydrogen) atoms. The lowest BCUT2D eigenvalue weighted by Crippen LogP contribution is -2.25. The van der Waals surface area contributed by atoms with Crippen LogP contribution in [0.1, 0.15) is 25.3 Å². The first-order chi connectivity index (χ1) is 8.66. The Morgan fingerprint density at radius 3 is 3.06 bits per heavy atom. The number of aryl methyl sites for hydroxylation is 1. The number of nitrogens with two attached hydrogens (primary N) is 1. The van der Waals surface area contributed by atoms with Crippen LogP contribution in [-0.2, 0) is 11.2 Å². The maximum Gasteiger partial charge on any atom is 0.237 e. The molecule has 2 rings (SSSR count). The van der Waals surface area contributed by atoms with Gasteiger partial charge in [0, 0.05) is 11.7 Å². The van der Waals surface area contributed by atoms with E-state index in [9.17, 15) is 4.79 Å². The number of hydrogen-bond acceptors (Lipinski definition) is 3. The van der Waals surface area contributed by atoms with Crippen molar-refractivity contribution in [3.05, 3.63) is 29.8 Å². The van der Waals surface area contributed by atoms with Gasteiger partial charge in [-0.15, -0.1) is 11.8 Å². The summed E-state index contributed by atoms with van der Waals surface area (Å²) in [6.07, 6.45) is 2.83. The zero-order chi connectivity index (χ0) is 13.0. The summed E-state index contributed by atoms with van der Waals surface area (Å²) in [4.78, 5) is 12.1. The molecule has 0 saturated carbocycles. The van der Waals surface area contributed by atoms with Crippen LogP contribution < -0.4 is 11.1 Å². The van der Waals surface area contributed by atoms with Crippen molar-refractivity contribution in [2.45, 2.75) is 37.5 Å². The Morgan fingerprint density at radius 2 is 2.28 bits per heavy atom. The Kier molecular flexibility index (Phi) is 4.66. The maximum atomic E-state index is 12.1. The van der Waals surface area contributed by atoms with Crippen LogP contribution in [-0.4, -0.2) is 23.0 Å². The third kappa shape index (κ3) is 3.50. The van der Waals surface area contributed by atoms with Crippen molar-refractivity contribution in [3.8, 4) is 0 Å². The molecule has 98 valence electrons. The van der Waals surface area contributed by atoms with Gasteiger partial charge in [0.25, 0.3) is 0 Å². The first kappa shape index (κ1) is 13.4. The van der Waals surface area contributed by atoms with Crippen molar-refractivity contribution in [2.24, 2.45) is 5.73 Å². The van der Waals surface area contributed by atoms with Crippen LogP contribution in [0, 0.1) is 0 Å². The number of benzene rings is 1. The summed E-state index contributed by atoms with van der Waals surface area (Å²) in [5, 5.41) is 3.07. The minimum Gasteiger partial charge on any atom is -0.328 e. The molecule has 3 nitrogen and oxygen atoms in total. The smallest absolute Gasteiger partial charge is 0.237 e. The van der Waals surface area contributed by atoms with Gasteiger partial charge in [-0.3, -0.25) is 4.79 Å². The quantitative estimate of drug-likeness (QED) is 0.878. The standard InChI is InChI=1S/C14H20N2OS/c1-10(15)8-9-18-13-7-6-11-4-2-3-5-12(11)16-14(13)17/h2-5,10,13H,6-9,15H2,1H3,(H,16,17). The Labute approximate surface area is 113 Å². The highest BCUT2D eigenvalue weighted by Crippen LogP contribution is 2.27. The van der Waals surface area contributed by atoms with Gasteiger partial charge in [-0.2, -0.15) is 0 Å². The van der Waals surface area contributed by atoms with Gasteiger partial charge in [-0.1, -0.05) is 18.2 Å². The summed E-state index contributed by atoms with van der Waals surface area (Å²) in [5.41, 5.74) is 7.94. The fourth-order valence-electron chi connectivity index (χ4n) is 2.05. The Balaban J connectivity index is 1.95. The molecule has 0 saturated heterocycles. The summed E-state index contributed by atoms with van der Waals surface area (Å²) >= 11 is 1.73. The summed E-state index contributed by atoms with van der Waals surface area (Å²) in [6, 6.07) is 8.26. The molecule has 0 fully saturated rings. The zero-order valence-electron chi connectivity index (χ0n) is 10.7. The second-order valence-electron chi connectivity index (χ2n) is 4.81. The van der Waals surface area contributed by atoms with Crippen LogP contribution in [0.25, 0.3) is 0 Å². The second kappa shape index (κ2) is 6.25. The van der Waals surface area contributed by atoms with Gasteiger partial charge in [0.1, 0.15) is 0 Å². The lowest BCUT2D eigenvalue weighted by atomic mass is 10.1. The number of rotatable bonds is 4. The predicted molar refractivity (Wildman–Crippen MR) is 77.9 cm³/mol. The molecule has 2 unspecified atom stereocenters. The van der Waals surface area contributed by atoms with Crippen molar-refractivity contribution < 1.29 is 4.79 Å². The Morgan fingerprint density at radius 1 is 1.50 bits per heavy atom. The lowest BCUT2D eigenvalue weighted by Gasteiger charge is -2.13. The van der Waals surface area contributed by atoms with E-state index in [1.807, 2.05) is 25.1 Å². The third-order valence-corrected chi connectivity index (χ3v) is 4.46. The van der Waals surface area contributed by atoms with E-state index in [1.165, 1.54) is 5.56 Å². The number of carbonyl (C=O) groups is 1. The van der Waals surface area contributed by atoms with E-state index >= 15 is 0 Å². The van der Waals surface area contributed by atoms with Crippen LogP contribution in [0.3, 0.4) is 0 Å². The van der Waals surface area contributed by atoms with Gasteiger partial charge in [0.05, 0.1) is 5.25 Å². The molecule has 0 aromatic heterocycles. The van der Waals surface area contributed by atoms with Gasteiger partial charge in [0.2, 0.25) is 5.91 Å². The second-order valence-corrected chi connectivity index (χ2v) is 6.12. The molecule has 4 heteroatoms.